The van der Waals surface area contributed by atoms with Crippen LogP contribution in [0.3, 0.4) is 0 Å². The number of sulfonamides is 1. The second-order valence-corrected chi connectivity index (χ2v) is 5.94. The number of aryl methyl sites for hydroxylation is 1. The third-order valence-electron chi connectivity index (χ3n) is 2.75. The minimum absolute atomic E-state index is 0.0125. The number of benzene rings is 1. The Labute approximate surface area is 118 Å². The fourth-order valence-electron chi connectivity index (χ4n) is 1.77. The Morgan fingerprint density at radius 2 is 2.05 bits per heavy atom. The van der Waals surface area contributed by atoms with Crippen LogP contribution in [0.25, 0.3) is 0 Å². The molecule has 1 aromatic carbocycles. The maximum atomic E-state index is 11.5. The van der Waals surface area contributed by atoms with Gasteiger partial charge < -0.3 is 4.74 Å². The van der Waals surface area contributed by atoms with Crippen molar-refractivity contribution in [3.63, 3.8) is 0 Å². The predicted octanol–water partition coefficient (Wildman–Crippen LogP) is 1.66. The van der Waals surface area contributed by atoms with Crippen LogP contribution in [0.5, 0.6) is 5.75 Å². The third kappa shape index (κ3) is 3.79. The van der Waals surface area contributed by atoms with Gasteiger partial charge in [-0.15, -0.1) is 0 Å². The standard InChI is InChI=1S/C14H16N2O3S/c1-11-5-6-13(14(10-11)20(15,17)18)19-9-7-12-4-2-3-8-16-12/h2-6,8,10H,7,9H2,1H3,(H2,15,17,18). The van der Waals surface area contributed by atoms with Gasteiger partial charge in [-0.1, -0.05) is 12.1 Å². The van der Waals surface area contributed by atoms with Crippen LogP contribution in [0, 0.1) is 6.92 Å². The van der Waals surface area contributed by atoms with E-state index in [-0.39, 0.29) is 10.6 Å². The minimum Gasteiger partial charge on any atom is -0.492 e. The van der Waals surface area contributed by atoms with E-state index < -0.39 is 10.0 Å². The van der Waals surface area contributed by atoms with Gasteiger partial charge in [0.2, 0.25) is 10.0 Å². The third-order valence-corrected chi connectivity index (χ3v) is 3.68. The van der Waals surface area contributed by atoms with E-state index in [1.807, 2.05) is 18.2 Å². The van der Waals surface area contributed by atoms with E-state index in [2.05, 4.69) is 4.98 Å². The summed E-state index contributed by atoms with van der Waals surface area (Å²) in [6, 6.07) is 10.5. The molecular formula is C14H16N2O3S. The van der Waals surface area contributed by atoms with Crippen LogP contribution >= 0.6 is 0 Å². The topological polar surface area (TPSA) is 82.3 Å². The Kier molecular flexibility index (Phi) is 4.36. The summed E-state index contributed by atoms with van der Waals surface area (Å²) in [5, 5.41) is 5.19. The number of hydrogen-bond donors (Lipinski definition) is 1. The summed E-state index contributed by atoms with van der Waals surface area (Å²) in [6.45, 7) is 2.13. The average molecular weight is 292 g/mol. The van der Waals surface area contributed by atoms with Crippen LogP contribution in [-0.4, -0.2) is 20.0 Å². The quantitative estimate of drug-likeness (QED) is 0.908. The Morgan fingerprint density at radius 3 is 2.70 bits per heavy atom. The van der Waals surface area contributed by atoms with E-state index in [0.717, 1.165) is 11.3 Å². The zero-order valence-electron chi connectivity index (χ0n) is 11.1. The molecule has 0 saturated carbocycles. The molecule has 2 N–H and O–H groups in total. The van der Waals surface area contributed by atoms with Crippen molar-refractivity contribution in [2.75, 3.05) is 6.61 Å². The van der Waals surface area contributed by atoms with Gasteiger partial charge in [0.25, 0.3) is 0 Å². The second kappa shape index (κ2) is 6.02. The summed E-state index contributed by atoms with van der Waals surface area (Å²) in [7, 11) is -3.79. The van der Waals surface area contributed by atoms with E-state index >= 15 is 0 Å². The molecule has 1 aromatic heterocycles. The lowest BCUT2D eigenvalue weighted by atomic mass is 10.2. The highest BCUT2D eigenvalue weighted by atomic mass is 32.2. The number of nitrogens with two attached hydrogens (primary N) is 1. The number of ether oxygens (including phenoxy) is 1. The molecule has 0 saturated heterocycles. The molecule has 0 fully saturated rings. The van der Waals surface area contributed by atoms with Crippen LogP contribution in [-0.2, 0) is 16.4 Å². The largest absolute Gasteiger partial charge is 0.492 e. The fraction of sp³-hybridized carbons (Fsp3) is 0.214. The highest BCUT2D eigenvalue weighted by Crippen LogP contribution is 2.23. The van der Waals surface area contributed by atoms with Gasteiger partial charge in [-0.3, -0.25) is 4.98 Å². The van der Waals surface area contributed by atoms with Gasteiger partial charge in [-0.25, -0.2) is 13.6 Å². The normalized spacial score (nSPS) is 11.3. The van der Waals surface area contributed by atoms with Crippen molar-refractivity contribution in [3.8, 4) is 5.75 Å². The number of pyridine rings is 1. The summed E-state index contributed by atoms with van der Waals surface area (Å²) in [6.07, 6.45) is 2.30. The van der Waals surface area contributed by atoms with E-state index in [1.165, 1.54) is 6.07 Å². The molecule has 0 aliphatic rings. The zero-order chi connectivity index (χ0) is 14.6. The number of aromatic nitrogens is 1. The molecule has 0 aliphatic carbocycles. The zero-order valence-corrected chi connectivity index (χ0v) is 11.9. The Balaban J connectivity index is 2.10. The van der Waals surface area contributed by atoms with Crippen LogP contribution in [0.2, 0.25) is 0 Å². The minimum atomic E-state index is -3.79. The molecule has 20 heavy (non-hydrogen) atoms. The van der Waals surface area contributed by atoms with Gasteiger partial charge in [-0.2, -0.15) is 0 Å². The molecule has 5 nitrogen and oxygen atoms in total. The van der Waals surface area contributed by atoms with Crippen molar-refractivity contribution in [2.24, 2.45) is 5.14 Å². The number of rotatable bonds is 5. The van der Waals surface area contributed by atoms with Crippen molar-refractivity contribution in [1.29, 1.82) is 0 Å². The second-order valence-electron chi connectivity index (χ2n) is 4.41. The summed E-state index contributed by atoms with van der Waals surface area (Å²) in [5.74, 6) is 0.272. The van der Waals surface area contributed by atoms with Crippen molar-refractivity contribution in [3.05, 3.63) is 53.9 Å². The van der Waals surface area contributed by atoms with Gasteiger partial charge in [-0.05, 0) is 36.8 Å². The molecule has 2 aromatic rings. The van der Waals surface area contributed by atoms with Gasteiger partial charge in [0.1, 0.15) is 10.6 Å². The van der Waals surface area contributed by atoms with Gasteiger partial charge >= 0.3 is 0 Å². The Morgan fingerprint density at radius 1 is 1.25 bits per heavy atom. The molecule has 0 unspecified atom stereocenters. The molecule has 0 amide bonds. The lowest BCUT2D eigenvalue weighted by Gasteiger charge is -2.10. The van der Waals surface area contributed by atoms with Gasteiger partial charge in [0.05, 0.1) is 6.61 Å². The lowest BCUT2D eigenvalue weighted by molar-refractivity contribution is 0.312. The van der Waals surface area contributed by atoms with Crippen molar-refractivity contribution >= 4 is 10.0 Å². The summed E-state index contributed by atoms with van der Waals surface area (Å²) in [5.41, 5.74) is 1.70. The molecule has 0 bridgehead atoms. The van der Waals surface area contributed by atoms with Gasteiger partial charge in [0.15, 0.2) is 0 Å². The number of hydrogen-bond acceptors (Lipinski definition) is 4. The highest BCUT2D eigenvalue weighted by molar-refractivity contribution is 7.89. The number of primary sulfonamides is 1. The van der Waals surface area contributed by atoms with Crippen LogP contribution in [0.1, 0.15) is 11.3 Å². The van der Waals surface area contributed by atoms with Crippen LogP contribution < -0.4 is 9.88 Å². The molecule has 0 atom stereocenters. The van der Waals surface area contributed by atoms with E-state index in [4.69, 9.17) is 9.88 Å². The SMILES string of the molecule is Cc1ccc(OCCc2ccccn2)c(S(N)(=O)=O)c1. The molecule has 0 aliphatic heterocycles. The lowest BCUT2D eigenvalue weighted by Crippen LogP contribution is -2.15. The molecule has 0 spiro atoms. The Hall–Kier alpha value is -1.92. The van der Waals surface area contributed by atoms with Crippen LogP contribution in [0.4, 0.5) is 0 Å². The highest BCUT2D eigenvalue weighted by Gasteiger charge is 2.15. The fourth-order valence-corrected chi connectivity index (χ4v) is 2.53. The molecule has 1 heterocycles. The van der Waals surface area contributed by atoms with E-state index in [9.17, 15) is 8.42 Å². The maximum absolute atomic E-state index is 11.5. The van der Waals surface area contributed by atoms with E-state index in [0.29, 0.717) is 13.0 Å². The predicted molar refractivity (Wildman–Crippen MR) is 76.0 cm³/mol. The summed E-state index contributed by atoms with van der Waals surface area (Å²) >= 11 is 0. The van der Waals surface area contributed by atoms with Crippen molar-refractivity contribution in [1.82, 2.24) is 4.98 Å². The molecule has 6 heteroatoms. The first-order valence-electron chi connectivity index (χ1n) is 6.13. The van der Waals surface area contributed by atoms with Crippen molar-refractivity contribution in [2.45, 2.75) is 18.2 Å². The molecule has 106 valence electrons. The van der Waals surface area contributed by atoms with E-state index in [1.54, 1.807) is 25.3 Å². The molecule has 2 rings (SSSR count). The first kappa shape index (κ1) is 14.5. The average Bonchev–Trinajstić information content (AvgIpc) is 2.40. The smallest absolute Gasteiger partial charge is 0.241 e. The summed E-state index contributed by atoms with van der Waals surface area (Å²) < 4.78 is 28.6. The summed E-state index contributed by atoms with van der Waals surface area (Å²) in [4.78, 5) is 4.18. The monoisotopic (exact) mass is 292 g/mol. The van der Waals surface area contributed by atoms with Gasteiger partial charge in [0, 0.05) is 18.3 Å². The first-order valence-corrected chi connectivity index (χ1v) is 7.67. The molecule has 0 radical (unpaired) electrons. The first-order chi connectivity index (χ1) is 9.47. The Bertz CT molecular complexity index is 685. The van der Waals surface area contributed by atoms with Crippen molar-refractivity contribution < 1.29 is 13.2 Å². The number of nitrogens with zero attached hydrogens (tertiary/aromatic N) is 1. The molecular weight excluding hydrogens is 276 g/mol. The maximum Gasteiger partial charge on any atom is 0.241 e. The van der Waals surface area contributed by atoms with Crippen LogP contribution in [0.15, 0.2) is 47.5 Å².